The zero-order valence-corrected chi connectivity index (χ0v) is 17.1. The summed E-state index contributed by atoms with van der Waals surface area (Å²) in [5, 5.41) is 12.0. The van der Waals surface area contributed by atoms with E-state index < -0.39 is 13.9 Å². The second kappa shape index (κ2) is 14.1. The van der Waals surface area contributed by atoms with Gasteiger partial charge in [0.1, 0.15) is 13.2 Å². The Labute approximate surface area is 153 Å². The van der Waals surface area contributed by atoms with E-state index in [1.807, 2.05) is 14.1 Å². The highest BCUT2D eigenvalue weighted by Gasteiger charge is 2.20. The molecule has 8 heteroatoms. The van der Waals surface area contributed by atoms with Crippen molar-refractivity contribution in [2.24, 2.45) is 0 Å². The number of hydrogen-bond donors (Lipinski definition) is 2. The quantitative estimate of drug-likeness (QED) is 0.227. The highest BCUT2D eigenvalue weighted by Crippen LogP contribution is 2.35. The van der Waals surface area contributed by atoms with Gasteiger partial charge in [0.2, 0.25) is 0 Å². The molecular formula is C17H38NO6P. The van der Waals surface area contributed by atoms with Crippen molar-refractivity contribution < 1.29 is 33.2 Å². The Balaban J connectivity index is 3.58. The third kappa shape index (κ3) is 18.6. The average molecular weight is 383 g/mol. The summed E-state index contributed by atoms with van der Waals surface area (Å²) in [6.07, 6.45) is 9.06. The zero-order valence-electron chi connectivity index (χ0n) is 16.2. The lowest BCUT2D eigenvalue weighted by Gasteiger charge is -2.36. The van der Waals surface area contributed by atoms with Gasteiger partial charge in [0.25, 0.3) is 0 Å². The van der Waals surface area contributed by atoms with Gasteiger partial charge in [0, 0.05) is 13.2 Å². The molecule has 2 N–H and O–H groups in total. The van der Waals surface area contributed by atoms with Crippen molar-refractivity contribution in [2.45, 2.75) is 64.4 Å². The number of unbranched alkanes of at least 4 members (excludes halogenated alkanes) is 7. The molecule has 0 saturated heterocycles. The maximum atomic E-state index is 12.0. The standard InChI is InChI=1S/C17H38NO6P/c1-4-5-6-7-8-9-10-11-13-23-16-17(19)15-18(2,3)12-14-24-25(20,21)22/h17H,4-16H2,1-3H3,(H2,20,21,22). The molecule has 1 unspecified atom stereocenters. The number of quaternary nitrogens is 1. The van der Waals surface area contributed by atoms with E-state index in [2.05, 4.69) is 11.4 Å². The molecular weight excluding hydrogens is 345 g/mol. The summed E-state index contributed by atoms with van der Waals surface area (Å²) in [6, 6.07) is 0. The summed E-state index contributed by atoms with van der Waals surface area (Å²) >= 11 is 0. The fraction of sp³-hybridized carbons (Fsp3) is 1.00. The predicted octanol–water partition coefficient (Wildman–Crippen LogP) is 2.06. The highest BCUT2D eigenvalue weighted by atomic mass is 31.2. The van der Waals surface area contributed by atoms with Gasteiger partial charge in [-0.15, -0.1) is 0 Å². The molecule has 7 nitrogen and oxygen atoms in total. The first-order chi connectivity index (χ1) is 11.7. The lowest BCUT2D eigenvalue weighted by Crippen LogP contribution is -2.52. The predicted molar refractivity (Wildman–Crippen MR) is 97.1 cm³/mol. The van der Waals surface area contributed by atoms with E-state index in [-0.39, 0.29) is 13.2 Å². The Morgan fingerprint density at radius 3 is 2.12 bits per heavy atom. The number of rotatable bonds is 17. The molecule has 0 aliphatic carbocycles. The molecule has 0 fully saturated rings. The summed E-state index contributed by atoms with van der Waals surface area (Å²) in [5.74, 6) is 0. The van der Waals surface area contributed by atoms with Crippen LogP contribution in [0.25, 0.3) is 0 Å². The van der Waals surface area contributed by atoms with E-state index in [0.29, 0.717) is 24.2 Å². The molecule has 1 atom stereocenters. The van der Waals surface area contributed by atoms with Crippen LogP contribution in [0.3, 0.4) is 0 Å². The Morgan fingerprint density at radius 1 is 1.00 bits per heavy atom. The Kier molecular flexibility index (Phi) is 14.1. The average Bonchev–Trinajstić information content (AvgIpc) is 2.47. The van der Waals surface area contributed by atoms with Crippen LogP contribution in [-0.4, -0.2) is 67.4 Å². The van der Waals surface area contributed by atoms with Crippen LogP contribution in [0.2, 0.25) is 0 Å². The van der Waals surface area contributed by atoms with E-state index >= 15 is 0 Å². The molecule has 0 aromatic rings. The van der Waals surface area contributed by atoms with Gasteiger partial charge >= 0.3 is 7.82 Å². The minimum Gasteiger partial charge on any atom is -0.846 e. The van der Waals surface area contributed by atoms with E-state index in [4.69, 9.17) is 14.5 Å². The van der Waals surface area contributed by atoms with Crippen molar-refractivity contribution in [3.63, 3.8) is 0 Å². The summed E-state index contributed by atoms with van der Waals surface area (Å²) < 4.78 is 20.9. The van der Waals surface area contributed by atoms with Crippen LogP contribution in [0.5, 0.6) is 0 Å². The van der Waals surface area contributed by atoms with Crippen molar-refractivity contribution in [3.05, 3.63) is 0 Å². The van der Waals surface area contributed by atoms with Crippen LogP contribution < -0.4 is 5.11 Å². The summed E-state index contributed by atoms with van der Waals surface area (Å²) in [5.41, 5.74) is 0. The van der Waals surface area contributed by atoms with Crippen LogP contribution in [0, 0.1) is 0 Å². The Hall–Kier alpha value is -0.0100. The summed E-state index contributed by atoms with van der Waals surface area (Å²) in [6.45, 7) is 3.64. The van der Waals surface area contributed by atoms with Crippen molar-refractivity contribution in [3.8, 4) is 0 Å². The van der Waals surface area contributed by atoms with Gasteiger partial charge < -0.3 is 24.1 Å². The molecule has 0 saturated carbocycles. The zero-order chi connectivity index (χ0) is 19.2. The molecule has 0 amide bonds. The first-order valence-electron chi connectivity index (χ1n) is 9.42. The van der Waals surface area contributed by atoms with Crippen LogP contribution in [-0.2, 0) is 13.8 Å². The monoisotopic (exact) mass is 383 g/mol. The van der Waals surface area contributed by atoms with E-state index in [0.717, 1.165) is 12.8 Å². The Morgan fingerprint density at radius 2 is 1.56 bits per heavy atom. The molecule has 0 radical (unpaired) electrons. The van der Waals surface area contributed by atoms with Gasteiger partial charge in [0.15, 0.2) is 0 Å². The number of likely N-dealkylation sites (N-methyl/N-ethyl adjacent to an activating group) is 1. The van der Waals surface area contributed by atoms with Gasteiger partial charge in [-0.3, -0.25) is 4.52 Å². The number of hydrogen-bond acceptors (Lipinski definition) is 4. The van der Waals surface area contributed by atoms with Gasteiger partial charge in [-0.25, -0.2) is 4.57 Å². The maximum Gasteiger partial charge on any atom is 0.469 e. The topological polar surface area (TPSA) is 99.0 Å². The molecule has 0 aromatic carbocycles. The third-order valence-electron chi connectivity index (χ3n) is 4.10. The molecule has 0 bridgehead atoms. The van der Waals surface area contributed by atoms with E-state index in [1.54, 1.807) is 0 Å². The van der Waals surface area contributed by atoms with Crippen LogP contribution in [0.15, 0.2) is 0 Å². The summed E-state index contributed by atoms with van der Waals surface area (Å²) in [4.78, 5) is 17.3. The number of phosphoric acid groups is 1. The lowest BCUT2D eigenvalue weighted by molar-refractivity contribution is -0.899. The van der Waals surface area contributed by atoms with Crippen LogP contribution in [0.4, 0.5) is 0 Å². The highest BCUT2D eigenvalue weighted by molar-refractivity contribution is 7.46. The molecule has 0 aliphatic heterocycles. The normalized spacial score (nSPS) is 14.0. The number of phosphoric ester groups is 1. The lowest BCUT2D eigenvalue weighted by atomic mass is 10.1. The molecule has 25 heavy (non-hydrogen) atoms. The molecule has 0 spiro atoms. The number of nitrogens with zero attached hydrogens (tertiary/aromatic N) is 1. The number of ether oxygens (including phenoxy) is 1. The first-order valence-corrected chi connectivity index (χ1v) is 10.9. The smallest absolute Gasteiger partial charge is 0.469 e. The molecule has 0 aromatic heterocycles. The van der Waals surface area contributed by atoms with Crippen LogP contribution in [0.1, 0.15) is 58.3 Å². The third-order valence-corrected chi connectivity index (χ3v) is 4.62. The van der Waals surface area contributed by atoms with Gasteiger partial charge in [-0.2, -0.15) is 0 Å². The van der Waals surface area contributed by atoms with Gasteiger partial charge in [-0.1, -0.05) is 58.0 Å². The van der Waals surface area contributed by atoms with Gasteiger partial charge in [0.05, 0.1) is 20.6 Å². The van der Waals surface area contributed by atoms with Crippen molar-refractivity contribution >= 4 is 7.82 Å². The van der Waals surface area contributed by atoms with Gasteiger partial charge in [-0.05, 0) is 6.42 Å². The maximum absolute atomic E-state index is 12.0. The molecule has 0 heterocycles. The van der Waals surface area contributed by atoms with Crippen molar-refractivity contribution in [2.75, 3.05) is 47.0 Å². The second-order valence-electron chi connectivity index (χ2n) is 7.34. The van der Waals surface area contributed by atoms with Crippen LogP contribution >= 0.6 is 7.82 Å². The fourth-order valence-corrected chi connectivity index (χ4v) is 2.97. The second-order valence-corrected chi connectivity index (χ2v) is 8.58. The van der Waals surface area contributed by atoms with E-state index in [1.165, 1.54) is 38.5 Å². The summed E-state index contributed by atoms with van der Waals surface area (Å²) in [7, 11) is -0.759. The Bertz CT molecular complexity index is 361. The minimum absolute atomic E-state index is 0.0802. The molecule has 152 valence electrons. The minimum atomic E-state index is -4.44. The first kappa shape index (κ1) is 25.0. The molecule has 0 rings (SSSR count). The largest absolute Gasteiger partial charge is 0.846 e. The van der Waals surface area contributed by atoms with E-state index in [9.17, 15) is 9.67 Å². The fourth-order valence-electron chi connectivity index (χ4n) is 2.65. The van der Waals surface area contributed by atoms with Crippen molar-refractivity contribution in [1.29, 1.82) is 0 Å². The van der Waals surface area contributed by atoms with Crippen molar-refractivity contribution in [1.82, 2.24) is 0 Å². The SMILES string of the molecule is CCCCCCCCCCOCC([O-])C[N+](C)(C)CCOP(=O)(O)O. The molecule has 0 aliphatic rings.